The number of ether oxygens (including phenoxy) is 2. The molecule has 0 aromatic heterocycles. The molecule has 146 valence electrons. The van der Waals surface area contributed by atoms with Crippen molar-refractivity contribution in [2.45, 2.75) is 19.8 Å². The summed E-state index contributed by atoms with van der Waals surface area (Å²) in [7, 11) is 0. The van der Waals surface area contributed by atoms with Gasteiger partial charge >= 0.3 is 17.9 Å². The number of carboxylic acid groups (broad SMARTS) is 1. The van der Waals surface area contributed by atoms with Crippen LogP contribution >= 0.6 is 0 Å². The first kappa shape index (κ1) is 20.8. The van der Waals surface area contributed by atoms with Crippen molar-refractivity contribution in [1.29, 1.82) is 0 Å². The molecule has 7 nitrogen and oxygen atoms in total. The maximum Gasteiger partial charge on any atom is 0.338 e. The van der Waals surface area contributed by atoms with Crippen LogP contribution in [0.15, 0.2) is 48.5 Å². The molecule has 2 aromatic rings. The second kappa shape index (κ2) is 10.0. The van der Waals surface area contributed by atoms with E-state index in [-0.39, 0.29) is 30.1 Å². The second-order valence-electron chi connectivity index (χ2n) is 5.99. The van der Waals surface area contributed by atoms with E-state index < -0.39 is 17.9 Å². The zero-order valence-corrected chi connectivity index (χ0v) is 15.3. The Kier molecular flexibility index (Phi) is 7.45. The van der Waals surface area contributed by atoms with Crippen LogP contribution in [0.4, 0.5) is 0 Å². The molecule has 2 rings (SSSR count). The summed E-state index contributed by atoms with van der Waals surface area (Å²) in [5.74, 6) is -2.17. The summed E-state index contributed by atoms with van der Waals surface area (Å²) in [4.78, 5) is 45.7. The van der Waals surface area contributed by atoms with Crippen LogP contribution in [-0.2, 0) is 9.47 Å². The molecule has 0 spiro atoms. The molecule has 7 heteroatoms. The first-order valence-electron chi connectivity index (χ1n) is 8.67. The van der Waals surface area contributed by atoms with Gasteiger partial charge in [-0.15, -0.1) is 0 Å². The third-order valence-corrected chi connectivity index (χ3v) is 3.90. The number of ketones is 1. The number of benzene rings is 2. The van der Waals surface area contributed by atoms with Gasteiger partial charge < -0.3 is 14.6 Å². The number of carbonyl (C=O) groups excluding carboxylic acids is 3. The highest BCUT2D eigenvalue weighted by molar-refractivity contribution is 5.96. The molecule has 0 bridgehead atoms. The van der Waals surface area contributed by atoms with Gasteiger partial charge in [0.1, 0.15) is 0 Å². The molecular weight excluding hydrogens is 364 g/mol. The lowest BCUT2D eigenvalue weighted by Crippen LogP contribution is -2.09. The number of esters is 2. The van der Waals surface area contributed by atoms with E-state index in [2.05, 4.69) is 0 Å². The van der Waals surface area contributed by atoms with Gasteiger partial charge in [0, 0.05) is 5.56 Å². The van der Waals surface area contributed by atoms with Gasteiger partial charge in [-0.25, -0.2) is 14.4 Å². The van der Waals surface area contributed by atoms with Crippen LogP contribution < -0.4 is 0 Å². The molecule has 0 heterocycles. The van der Waals surface area contributed by atoms with Gasteiger partial charge in [0.15, 0.2) is 5.78 Å². The number of carbonyl (C=O) groups is 4. The Labute approximate surface area is 161 Å². The van der Waals surface area contributed by atoms with Gasteiger partial charge in [-0.2, -0.15) is 0 Å². The number of hydrogen-bond donors (Lipinski definition) is 1. The van der Waals surface area contributed by atoms with Gasteiger partial charge in [0.25, 0.3) is 0 Å². The number of carboxylic acids is 1. The fourth-order valence-electron chi connectivity index (χ4n) is 2.29. The molecule has 0 radical (unpaired) electrons. The van der Waals surface area contributed by atoms with Crippen LogP contribution in [0.25, 0.3) is 0 Å². The van der Waals surface area contributed by atoms with Crippen molar-refractivity contribution in [2.24, 2.45) is 0 Å². The Morgan fingerprint density at radius 3 is 1.39 bits per heavy atom. The van der Waals surface area contributed by atoms with Crippen molar-refractivity contribution >= 4 is 23.7 Å². The third kappa shape index (κ3) is 6.05. The van der Waals surface area contributed by atoms with E-state index in [0.29, 0.717) is 24.0 Å². The number of Topliss-reactive ketones (excluding diaryl/α,β-unsaturated/α-hetero) is 1. The molecule has 0 atom stereocenters. The number of aromatic carboxylic acids is 1. The SMILES string of the molecule is CC(=O)c1ccc(C(=O)OCCCCOC(=O)c2ccc(C(=O)O)cc2)cc1. The minimum Gasteiger partial charge on any atom is -0.478 e. The molecule has 2 aromatic carbocycles. The zero-order valence-electron chi connectivity index (χ0n) is 15.3. The highest BCUT2D eigenvalue weighted by atomic mass is 16.5. The minimum absolute atomic E-state index is 0.0766. The first-order chi connectivity index (χ1) is 13.4. The van der Waals surface area contributed by atoms with E-state index in [1.807, 2.05) is 0 Å². The first-order valence-corrected chi connectivity index (χ1v) is 8.67. The summed E-state index contributed by atoms with van der Waals surface area (Å²) in [6, 6.07) is 11.7. The van der Waals surface area contributed by atoms with E-state index in [9.17, 15) is 19.2 Å². The normalized spacial score (nSPS) is 10.2. The van der Waals surface area contributed by atoms with Crippen LogP contribution in [0.5, 0.6) is 0 Å². The Hall–Kier alpha value is -3.48. The molecule has 0 aliphatic rings. The summed E-state index contributed by atoms with van der Waals surface area (Å²) in [5.41, 5.74) is 1.25. The molecule has 0 saturated heterocycles. The molecule has 0 aliphatic heterocycles. The fraction of sp³-hybridized carbons (Fsp3) is 0.238. The average molecular weight is 384 g/mol. The lowest BCUT2D eigenvalue weighted by Gasteiger charge is -2.07. The van der Waals surface area contributed by atoms with E-state index >= 15 is 0 Å². The quantitative estimate of drug-likeness (QED) is 0.401. The predicted molar refractivity (Wildman–Crippen MR) is 99.6 cm³/mol. The summed E-state index contributed by atoms with van der Waals surface area (Å²) in [6.07, 6.45) is 1.03. The maximum absolute atomic E-state index is 11.9. The fourth-order valence-corrected chi connectivity index (χ4v) is 2.29. The standard InChI is InChI=1S/C21H20O7/c1-14(22)15-4-8-17(9-5-15)20(25)27-12-2-3-13-28-21(26)18-10-6-16(7-11-18)19(23)24/h4-11H,2-3,12-13H2,1H3,(H,23,24). The Morgan fingerprint density at radius 2 is 1.04 bits per heavy atom. The Balaban J connectivity index is 1.65. The van der Waals surface area contributed by atoms with Crippen LogP contribution in [0.3, 0.4) is 0 Å². The van der Waals surface area contributed by atoms with Crippen molar-refractivity contribution in [3.63, 3.8) is 0 Å². The highest BCUT2D eigenvalue weighted by Crippen LogP contribution is 2.08. The largest absolute Gasteiger partial charge is 0.478 e. The maximum atomic E-state index is 11.9. The minimum atomic E-state index is -1.07. The second-order valence-corrected chi connectivity index (χ2v) is 5.99. The zero-order chi connectivity index (χ0) is 20.5. The van der Waals surface area contributed by atoms with Crippen LogP contribution in [0, 0.1) is 0 Å². The van der Waals surface area contributed by atoms with Crippen molar-refractivity contribution in [1.82, 2.24) is 0 Å². The van der Waals surface area contributed by atoms with Crippen LogP contribution in [0.2, 0.25) is 0 Å². The smallest absolute Gasteiger partial charge is 0.338 e. The van der Waals surface area contributed by atoms with E-state index in [4.69, 9.17) is 14.6 Å². The van der Waals surface area contributed by atoms with Gasteiger partial charge in [0.05, 0.1) is 29.9 Å². The molecule has 28 heavy (non-hydrogen) atoms. The Bertz CT molecular complexity index is 778. The molecule has 0 aliphatic carbocycles. The topological polar surface area (TPSA) is 107 Å². The van der Waals surface area contributed by atoms with Gasteiger partial charge in [0.2, 0.25) is 0 Å². The predicted octanol–water partition coefficient (Wildman–Crippen LogP) is 3.38. The Morgan fingerprint density at radius 1 is 0.679 bits per heavy atom. The molecule has 0 amide bonds. The lowest BCUT2D eigenvalue weighted by molar-refractivity contribution is 0.0432. The number of unbranched alkanes of at least 4 members (excludes halogenated alkanes) is 1. The molecule has 1 N–H and O–H groups in total. The summed E-state index contributed by atoms with van der Waals surface area (Å²) in [5, 5.41) is 8.82. The average Bonchev–Trinajstić information content (AvgIpc) is 2.70. The van der Waals surface area contributed by atoms with E-state index in [1.54, 1.807) is 12.1 Å². The third-order valence-electron chi connectivity index (χ3n) is 3.90. The van der Waals surface area contributed by atoms with Gasteiger partial charge in [-0.05, 0) is 56.2 Å². The van der Waals surface area contributed by atoms with Crippen molar-refractivity contribution < 1.29 is 33.8 Å². The molecular formula is C21H20O7. The summed E-state index contributed by atoms with van der Waals surface area (Å²) >= 11 is 0. The van der Waals surface area contributed by atoms with Crippen molar-refractivity contribution in [2.75, 3.05) is 13.2 Å². The molecule has 0 unspecified atom stereocenters. The van der Waals surface area contributed by atoms with Gasteiger partial charge in [-0.3, -0.25) is 4.79 Å². The van der Waals surface area contributed by atoms with Crippen molar-refractivity contribution in [3.05, 3.63) is 70.8 Å². The van der Waals surface area contributed by atoms with E-state index in [0.717, 1.165) is 0 Å². The summed E-state index contributed by atoms with van der Waals surface area (Å²) < 4.78 is 10.2. The molecule has 0 saturated carbocycles. The van der Waals surface area contributed by atoms with E-state index in [1.165, 1.54) is 43.3 Å². The summed E-state index contributed by atoms with van der Waals surface area (Å²) in [6.45, 7) is 1.79. The lowest BCUT2D eigenvalue weighted by atomic mass is 10.1. The van der Waals surface area contributed by atoms with Crippen LogP contribution in [-0.4, -0.2) is 42.0 Å². The highest BCUT2D eigenvalue weighted by Gasteiger charge is 2.10. The monoisotopic (exact) mass is 384 g/mol. The molecule has 0 fully saturated rings. The number of hydrogen-bond acceptors (Lipinski definition) is 6. The van der Waals surface area contributed by atoms with Crippen LogP contribution in [0.1, 0.15) is 61.2 Å². The van der Waals surface area contributed by atoms with Gasteiger partial charge in [-0.1, -0.05) is 12.1 Å². The number of rotatable bonds is 9. The van der Waals surface area contributed by atoms with Crippen molar-refractivity contribution in [3.8, 4) is 0 Å².